The zero-order chi connectivity index (χ0) is 17.0. The van der Waals surface area contributed by atoms with Gasteiger partial charge in [-0.15, -0.1) is 0 Å². The van der Waals surface area contributed by atoms with Crippen LogP contribution in [-0.4, -0.2) is 9.38 Å². The number of para-hydroxylation sites is 1. The fraction of sp³-hybridized carbons (Fsp3) is 0.0455. The normalized spacial score (nSPS) is 11.6. The maximum Gasteiger partial charge on any atom is 0.145 e. The van der Waals surface area contributed by atoms with E-state index < -0.39 is 0 Å². The second-order valence-corrected chi connectivity index (χ2v) is 6.39. The average molecular weight is 326 g/mol. The number of halogens is 1. The molecular weight excluding hydrogens is 311 g/mol. The van der Waals surface area contributed by atoms with Gasteiger partial charge in [-0.2, -0.15) is 0 Å². The Labute approximate surface area is 144 Å². The molecule has 0 radical (unpaired) electrons. The van der Waals surface area contributed by atoms with Crippen molar-refractivity contribution in [1.82, 2.24) is 9.38 Å². The van der Waals surface area contributed by atoms with Crippen LogP contribution in [0.1, 0.15) is 5.56 Å². The van der Waals surface area contributed by atoms with Crippen LogP contribution in [-0.2, 0) is 0 Å². The van der Waals surface area contributed by atoms with Crippen LogP contribution < -0.4 is 0 Å². The van der Waals surface area contributed by atoms with E-state index in [4.69, 9.17) is 4.98 Å². The molecule has 3 aromatic carbocycles. The van der Waals surface area contributed by atoms with Crippen LogP contribution in [0.2, 0.25) is 0 Å². The van der Waals surface area contributed by atoms with Gasteiger partial charge in [0.25, 0.3) is 0 Å². The Hall–Kier alpha value is -3.20. The third kappa shape index (κ3) is 2.13. The predicted molar refractivity (Wildman–Crippen MR) is 100 cm³/mol. The first kappa shape index (κ1) is 14.2. The summed E-state index contributed by atoms with van der Waals surface area (Å²) in [6, 6.07) is 23.3. The van der Waals surface area contributed by atoms with E-state index >= 15 is 0 Å². The van der Waals surface area contributed by atoms with Crippen molar-refractivity contribution in [2.75, 3.05) is 0 Å². The van der Waals surface area contributed by atoms with Crippen molar-refractivity contribution in [1.29, 1.82) is 0 Å². The minimum absolute atomic E-state index is 0.242. The molecule has 0 saturated carbocycles. The van der Waals surface area contributed by atoms with E-state index in [0.717, 1.165) is 33.3 Å². The summed E-state index contributed by atoms with van der Waals surface area (Å²) in [5.41, 5.74) is 5.29. The second kappa shape index (κ2) is 5.15. The quantitative estimate of drug-likeness (QED) is 0.383. The number of hydrogen-bond donors (Lipinski definition) is 0. The zero-order valence-electron chi connectivity index (χ0n) is 13.7. The van der Waals surface area contributed by atoms with Gasteiger partial charge in [-0.3, -0.25) is 4.40 Å². The van der Waals surface area contributed by atoms with E-state index in [1.165, 1.54) is 23.1 Å². The van der Waals surface area contributed by atoms with Crippen molar-refractivity contribution >= 4 is 27.3 Å². The number of benzene rings is 3. The molecule has 2 nitrogen and oxygen atoms in total. The molecule has 25 heavy (non-hydrogen) atoms. The summed E-state index contributed by atoms with van der Waals surface area (Å²) in [7, 11) is 0. The first-order valence-electron chi connectivity index (χ1n) is 8.27. The monoisotopic (exact) mass is 326 g/mol. The van der Waals surface area contributed by atoms with E-state index in [-0.39, 0.29) is 5.82 Å². The molecule has 0 spiro atoms. The maximum atomic E-state index is 13.4. The van der Waals surface area contributed by atoms with Gasteiger partial charge in [-0.25, -0.2) is 9.37 Å². The molecule has 0 amide bonds. The van der Waals surface area contributed by atoms with Crippen LogP contribution in [0.3, 0.4) is 0 Å². The molecule has 120 valence electrons. The molecule has 0 fully saturated rings. The van der Waals surface area contributed by atoms with Crippen LogP contribution in [0.25, 0.3) is 38.7 Å². The van der Waals surface area contributed by atoms with Crippen molar-refractivity contribution < 1.29 is 4.39 Å². The van der Waals surface area contributed by atoms with Gasteiger partial charge < -0.3 is 0 Å². The molecule has 0 atom stereocenters. The molecular formula is C22H15FN2. The topological polar surface area (TPSA) is 17.3 Å². The lowest BCUT2D eigenvalue weighted by molar-refractivity contribution is 0.628. The Morgan fingerprint density at radius 1 is 0.840 bits per heavy atom. The SMILES string of the molecule is Cc1ccc2c(c1)cc1c3ccccc3nc(-c3ccc(F)cc3)n21. The number of fused-ring (bicyclic) bond motifs is 5. The summed E-state index contributed by atoms with van der Waals surface area (Å²) in [6.45, 7) is 2.10. The van der Waals surface area contributed by atoms with Gasteiger partial charge in [0, 0.05) is 16.3 Å². The minimum atomic E-state index is -0.242. The fourth-order valence-corrected chi connectivity index (χ4v) is 3.51. The molecule has 5 aromatic rings. The van der Waals surface area contributed by atoms with Crippen molar-refractivity contribution in [3.63, 3.8) is 0 Å². The fourth-order valence-electron chi connectivity index (χ4n) is 3.51. The van der Waals surface area contributed by atoms with E-state index in [9.17, 15) is 4.39 Å². The first-order valence-corrected chi connectivity index (χ1v) is 8.27. The molecule has 0 bridgehead atoms. The lowest BCUT2D eigenvalue weighted by atomic mass is 10.1. The zero-order valence-corrected chi connectivity index (χ0v) is 13.7. The highest BCUT2D eigenvalue weighted by Crippen LogP contribution is 2.31. The largest absolute Gasteiger partial charge is 0.293 e. The van der Waals surface area contributed by atoms with Gasteiger partial charge in [0.15, 0.2) is 0 Å². The highest BCUT2D eigenvalue weighted by Gasteiger charge is 2.13. The van der Waals surface area contributed by atoms with E-state index in [0.29, 0.717) is 0 Å². The summed E-state index contributed by atoms with van der Waals surface area (Å²) in [5, 5.41) is 2.30. The van der Waals surface area contributed by atoms with Gasteiger partial charge in [0.2, 0.25) is 0 Å². The average Bonchev–Trinajstić information content (AvgIpc) is 3.00. The molecule has 0 unspecified atom stereocenters. The molecule has 0 aliphatic rings. The molecule has 0 saturated heterocycles. The van der Waals surface area contributed by atoms with E-state index in [2.05, 4.69) is 41.7 Å². The molecule has 0 aliphatic carbocycles. The second-order valence-electron chi connectivity index (χ2n) is 6.39. The minimum Gasteiger partial charge on any atom is -0.293 e. The Bertz CT molecular complexity index is 1250. The molecule has 5 rings (SSSR count). The highest BCUT2D eigenvalue weighted by molar-refractivity contribution is 6.02. The lowest BCUT2D eigenvalue weighted by Gasteiger charge is -2.10. The van der Waals surface area contributed by atoms with Crippen LogP contribution in [0.4, 0.5) is 4.39 Å². The van der Waals surface area contributed by atoms with Gasteiger partial charge in [0.05, 0.1) is 16.6 Å². The summed E-state index contributed by atoms with van der Waals surface area (Å²) in [6.07, 6.45) is 0. The van der Waals surface area contributed by atoms with Gasteiger partial charge in [0.1, 0.15) is 11.6 Å². The first-order chi connectivity index (χ1) is 12.2. The van der Waals surface area contributed by atoms with Crippen LogP contribution in [0.15, 0.2) is 72.8 Å². The number of aromatic nitrogens is 2. The summed E-state index contributed by atoms with van der Waals surface area (Å²) >= 11 is 0. The van der Waals surface area contributed by atoms with E-state index in [1.54, 1.807) is 12.1 Å². The van der Waals surface area contributed by atoms with Gasteiger partial charge >= 0.3 is 0 Å². The standard InChI is InChI=1S/C22H15FN2/c1-14-6-11-20-16(12-14)13-21-18-4-2-3-5-19(18)24-22(25(20)21)15-7-9-17(23)10-8-15/h2-13H,1H3. The predicted octanol–water partition coefficient (Wildman–Crippen LogP) is 5.76. The smallest absolute Gasteiger partial charge is 0.145 e. The Morgan fingerprint density at radius 2 is 1.64 bits per heavy atom. The third-order valence-corrected chi connectivity index (χ3v) is 4.68. The number of rotatable bonds is 1. The molecule has 3 heteroatoms. The lowest BCUT2D eigenvalue weighted by Crippen LogP contribution is -1.97. The van der Waals surface area contributed by atoms with Crippen LogP contribution >= 0.6 is 0 Å². The van der Waals surface area contributed by atoms with Crippen molar-refractivity contribution in [2.24, 2.45) is 0 Å². The molecule has 2 aromatic heterocycles. The van der Waals surface area contributed by atoms with Crippen LogP contribution in [0, 0.1) is 12.7 Å². The number of aryl methyl sites for hydroxylation is 1. The van der Waals surface area contributed by atoms with Crippen molar-refractivity contribution in [2.45, 2.75) is 6.92 Å². The molecule has 2 heterocycles. The Morgan fingerprint density at radius 3 is 2.48 bits per heavy atom. The number of hydrogen-bond acceptors (Lipinski definition) is 1. The van der Waals surface area contributed by atoms with Gasteiger partial charge in [-0.05, 0) is 55.5 Å². The summed E-state index contributed by atoms with van der Waals surface area (Å²) in [5.74, 6) is 0.585. The third-order valence-electron chi connectivity index (χ3n) is 4.68. The molecule has 0 N–H and O–H groups in total. The molecule has 0 aliphatic heterocycles. The summed E-state index contributed by atoms with van der Waals surface area (Å²) < 4.78 is 15.6. The number of nitrogens with zero attached hydrogens (tertiary/aromatic N) is 2. The van der Waals surface area contributed by atoms with Gasteiger partial charge in [-0.1, -0.05) is 29.8 Å². The van der Waals surface area contributed by atoms with Crippen molar-refractivity contribution in [3.05, 3.63) is 84.2 Å². The Kier molecular flexibility index (Phi) is 2.92. The maximum absolute atomic E-state index is 13.4. The highest BCUT2D eigenvalue weighted by atomic mass is 19.1. The van der Waals surface area contributed by atoms with Crippen LogP contribution in [0.5, 0.6) is 0 Å². The van der Waals surface area contributed by atoms with E-state index in [1.807, 2.05) is 18.2 Å². The summed E-state index contributed by atoms with van der Waals surface area (Å²) in [4.78, 5) is 4.89. The van der Waals surface area contributed by atoms with Crippen molar-refractivity contribution in [3.8, 4) is 11.4 Å². The Balaban J connectivity index is 2.00.